The molecule has 1 amide bonds. The summed E-state index contributed by atoms with van der Waals surface area (Å²) in [6.45, 7) is 6.20. The van der Waals surface area contributed by atoms with Crippen LogP contribution in [0.3, 0.4) is 0 Å². The van der Waals surface area contributed by atoms with Crippen molar-refractivity contribution in [2.75, 3.05) is 13.1 Å². The highest BCUT2D eigenvalue weighted by Crippen LogP contribution is 2.32. The molecule has 1 atom stereocenters. The van der Waals surface area contributed by atoms with Crippen LogP contribution in [0.25, 0.3) is 0 Å². The van der Waals surface area contributed by atoms with E-state index in [-0.39, 0.29) is 5.92 Å². The third-order valence-corrected chi connectivity index (χ3v) is 3.40. The third-order valence-electron chi connectivity index (χ3n) is 3.40. The molecule has 1 aromatic rings. The van der Waals surface area contributed by atoms with Gasteiger partial charge in [0.1, 0.15) is 5.60 Å². The number of piperidine rings is 1. The molecule has 1 fully saturated rings. The molecule has 0 aliphatic carbocycles. The highest BCUT2D eigenvalue weighted by Gasteiger charge is 2.35. The van der Waals surface area contributed by atoms with Crippen LogP contribution in [0, 0.1) is 0 Å². The lowest BCUT2D eigenvalue weighted by molar-refractivity contribution is -0.141. The Labute approximate surface area is 126 Å². The first kappa shape index (κ1) is 16.6. The maximum atomic E-state index is 12.6. The Morgan fingerprint density at radius 2 is 2.09 bits per heavy atom. The number of hydrogen-bond donors (Lipinski definition) is 1. The third kappa shape index (κ3) is 4.14. The average Bonchev–Trinajstić information content (AvgIpc) is 2.86. The van der Waals surface area contributed by atoms with Gasteiger partial charge in [-0.15, -0.1) is 0 Å². The van der Waals surface area contributed by atoms with Crippen LogP contribution >= 0.6 is 0 Å². The second-order valence-electron chi connectivity index (χ2n) is 6.47. The Bertz CT molecular complexity index is 534. The number of rotatable bonds is 1. The number of hydrogen-bond acceptors (Lipinski definition) is 3. The smallest absolute Gasteiger partial charge is 0.435 e. The van der Waals surface area contributed by atoms with Crippen molar-refractivity contribution in [1.29, 1.82) is 0 Å². The first-order valence-electron chi connectivity index (χ1n) is 7.17. The van der Waals surface area contributed by atoms with Gasteiger partial charge in [-0.1, -0.05) is 0 Å². The molecule has 1 saturated heterocycles. The molecule has 0 spiro atoms. The minimum atomic E-state index is -4.46. The van der Waals surface area contributed by atoms with Crippen molar-refractivity contribution in [1.82, 2.24) is 15.1 Å². The van der Waals surface area contributed by atoms with Crippen molar-refractivity contribution in [3.63, 3.8) is 0 Å². The minimum absolute atomic E-state index is 0.190. The summed E-state index contributed by atoms with van der Waals surface area (Å²) in [5.41, 5.74) is -1.13. The van der Waals surface area contributed by atoms with E-state index in [4.69, 9.17) is 4.74 Å². The van der Waals surface area contributed by atoms with Gasteiger partial charge < -0.3 is 9.64 Å². The quantitative estimate of drug-likeness (QED) is 0.861. The standard InChI is InChI=1S/C14H20F3N3O2/c1-13(2,3)22-12(21)20-6-4-5-9(8-20)10-7-11(19-18-10)14(15,16)17/h7,9H,4-6,8H2,1-3H3,(H,18,19). The van der Waals surface area contributed by atoms with Gasteiger partial charge in [0, 0.05) is 24.7 Å². The largest absolute Gasteiger partial charge is 0.444 e. The van der Waals surface area contributed by atoms with Gasteiger partial charge >= 0.3 is 12.3 Å². The predicted octanol–water partition coefficient (Wildman–Crippen LogP) is 3.54. The summed E-state index contributed by atoms with van der Waals surface area (Å²) in [5.74, 6) is -0.190. The van der Waals surface area contributed by atoms with Crippen LogP contribution in [0.15, 0.2) is 6.07 Å². The Hall–Kier alpha value is -1.73. The summed E-state index contributed by atoms with van der Waals surface area (Å²) in [4.78, 5) is 13.6. The van der Waals surface area contributed by atoms with Gasteiger partial charge in [0.15, 0.2) is 5.69 Å². The highest BCUT2D eigenvalue weighted by molar-refractivity contribution is 5.68. The van der Waals surface area contributed by atoms with E-state index in [1.165, 1.54) is 4.90 Å². The Kier molecular flexibility index (Phi) is 4.39. The summed E-state index contributed by atoms with van der Waals surface area (Å²) >= 11 is 0. The summed E-state index contributed by atoms with van der Waals surface area (Å²) in [5, 5.41) is 5.75. The molecule has 1 unspecified atom stereocenters. The van der Waals surface area contributed by atoms with Crippen LogP contribution in [0.1, 0.15) is 50.9 Å². The summed E-state index contributed by atoms with van der Waals surface area (Å²) in [6, 6.07) is 1.02. The highest BCUT2D eigenvalue weighted by atomic mass is 19.4. The molecule has 8 heteroatoms. The zero-order valence-corrected chi connectivity index (χ0v) is 12.8. The second kappa shape index (κ2) is 5.81. The molecular formula is C14H20F3N3O2. The number of halogens is 3. The fourth-order valence-corrected chi connectivity index (χ4v) is 2.41. The number of amides is 1. The lowest BCUT2D eigenvalue weighted by Gasteiger charge is -2.33. The summed E-state index contributed by atoms with van der Waals surface area (Å²) in [6.07, 6.45) is -3.48. The van der Waals surface area contributed by atoms with Crippen molar-refractivity contribution in [2.24, 2.45) is 0 Å². The second-order valence-corrected chi connectivity index (χ2v) is 6.47. The zero-order chi connectivity index (χ0) is 16.5. The molecule has 1 aromatic heterocycles. The fraction of sp³-hybridized carbons (Fsp3) is 0.714. The number of carbonyl (C=O) groups excluding carboxylic acids is 1. The number of likely N-dealkylation sites (tertiary alicyclic amines) is 1. The molecule has 1 N–H and O–H groups in total. The number of H-pyrrole nitrogens is 1. The Balaban J connectivity index is 2.04. The van der Waals surface area contributed by atoms with E-state index >= 15 is 0 Å². The van der Waals surface area contributed by atoms with Crippen molar-refractivity contribution in [3.8, 4) is 0 Å². The van der Waals surface area contributed by atoms with Crippen molar-refractivity contribution in [2.45, 2.75) is 51.3 Å². The molecule has 124 valence electrons. The normalized spacial score (nSPS) is 20.1. The molecular weight excluding hydrogens is 299 g/mol. The van der Waals surface area contributed by atoms with Crippen LogP contribution in [0.5, 0.6) is 0 Å². The van der Waals surface area contributed by atoms with Gasteiger partial charge in [-0.25, -0.2) is 4.79 Å². The molecule has 1 aliphatic heterocycles. The maximum Gasteiger partial charge on any atom is 0.435 e. The number of nitrogens with one attached hydrogen (secondary N) is 1. The predicted molar refractivity (Wildman–Crippen MR) is 73.4 cm³/mol. The molecule has 0 saturated carbocycles. The van der Waals surface area contributed by atoms with E-state index in [9.17, 15) is 18.0 Å². The van der Waals surface area contributed by atoms with Crippen molar-refractivity contribution >= 4 is 6.09 Å². The van der Waals surface area contributed by atoms with Crippen molar-refractivity contribution < 1.29 is 22.7 Å². The molecule has 0 aromatic carbocycles. The van der Waals surface area contributed by atoms with Crippen LogP contribution in [0.4, 0.5) is 18.0 Å². The van der Waals surface area contributed by atoms with Crippen LogP contribution in [0.2, 0.25) is 0 Å². The average molecular weight is 319 g/mol. The molecule has 1 aliphatic rings. The number of nitrogens with zero attached hydrogens (tertiary/aromatic N) is 2. The van der Waals surface area contributed by atoms with E-state index < -0.39 is 23.6 Å². The number of ether oxygens (including phenoxy) is 1. The first-order chi connectivity index (χ1) is 10.1. The lowest BCUT2D eigenvalue weighted by atomic mass is 9.95. The summed E-state index contributed by atoms with van der Waals surface area (Å²) in [7, 11) is 0. The number of alkyl halides is 3. The Morgan fingerprint density at radius 3 is 2.64 bits per heavy atom. The Morgan fingerprint density at radius 1 is 1.41 bits per heavy atom. The van der Waals surface area contributed by atoms with E-state index in [1.54, 1.807) is 20.8 Å². The van der Waals surface area contributed by atoms with Crippen LogP contribution in [-0.4, -0.2) is 39.9 Å². The number of aromatic nitrogens is 2. The SMILES string of the molecule is CC(C)(C)OC(=O)N1CCCC(c2cc(C(F)(F)F)n[nH]2)C1. The molecule has 5 nitrogen and oxygen atoms in total. The van der Waals surface area contributed by atoms with Gasteiger partial charge in [0.2, 0.25) is 0 Å². The first-order valence-corrected chi connectivity index (χ1v) is 7.17. The van der Waals surface area contributed by atoms with Crippen molar-refractivity contribution in [3.05, 3.63) is 17.5 Å². The van der Waals surface area contributed by atoms with Gasteiger partial charge in [-0.05, 0) is 39.7 Å². The van der Waals surface area contributed by atoms with E-state index in [2.05, 4.69) is 10.2 Å². The maximum absolute atomic E-state index is 12.6. The van der Waals surface area contributed by atoms with Gasteiger partial charge in [-0.2, -0.15) is 18.3 Å². The van der Waals surface area contributed by atoms with Gasteiger partial charge in [0.25, 0.3) is 0 Å². The molecule has 0 bridgehead atoms. The minimum Gasteiger partial charge on any atom is -0.444 e. The van der Waals surface area contributed by atoms with E-state index in [1.807, 2.05) is 0 Å². The lowest BCUT2D eigenvalue weighted by Crippen LogP contribution is -2.42. The molecule has 2 rings (SSSR count). The molecule has 0 radical (unpaired) electrons. The van der Waals surface area contributed by atoms with E-state index in [0.717, 1.165) is 6.07 Å². The molecule has 2 heterocycles. The van der Waals surface area contributed by atoms with Gasteiger partial charge in [0.05, 0.1) is 0 Å². The van der Waals surface area contributed by atoms with E-state index in [0.29, 0.717) is 31.6 Å². The molecule has 22 heavy (non-hydrogen) atoms. The zero-order valence-electron chi connectivity index (χ0n) is 12.8. The fourth-order valence-electron chi connectivity index (χ4n) is 2.41. The number of aromatic amines is 1. The van der Waals surface area contributed by atoms with Crippen LogP contribution < -0.4 is 0 Å². The van der Waals surface area contributed by atoms with Gasteiger partial charge in [-0.3, -0.25) is 5.10 Å². The number of carbonyl (C=O) groups is 1. The summed E-state index contributed by atoms with van der Waals surface area (Å²) < 4.78 is 43.1. The van der Waals surface area contributed by atoms with Crippen LogP contribution in [-0.2, 0) is 10.9 Å². The monoisotopic (exact) mass is 319 g/mol. The topological polar surface area (TPSA) is 58.2 Å².